The standard InChI is InChI=1S/C15H23N5O/c1-6-19-10-13(8-16-19)9-18(5)15(21)14-11(3)17-20(7-2)12(14)4/h8,10H,6-7,9H2,1-5H3. The van der Waals surface area contributed by atoms with Gasteiger partial charge in [-0.2, -0.15) is 10.2 Å². The van der Waals surface area contributed by atoms with Crippen molar-refractivity contribution in [3.05, 3.63) is 34.9 Å². The first-order chi connectivity index (χ1) is 9.97. The maximum atomic E-state index is 12.6. The van der Waals surface area contributed by atoms with Gasteiger partial charge in [0.25, 0.3) is 5.91 Å². The summed E-state index contributed by atoms with van der Waals surface area (Å²) in [7, 11) is 1.81. The molecule has 6 heteroatoms. The highest BCUT2D eigenvalue weighted by molar-refractivity contribution is 5.96. The van der Waals surface area contributed by atoms with Crippen LogP contribution in [0.15, 0.2) is 12.4 Å². The summed E-state index contributed by atoms with van der Waals surface area (Å²) in [4.78, 5) is 14.4. The number of carbonyl (C=O) groups excluding carboxylic acids is 1. The Hall–Kier alpha value is -2.11. The lowest BCUT2D eigenvalue weighted by Gasteiger charge is -2.16. The van der Waals surface area contributed by atoms with Gasteiger partial charge in [-0.25, -0.2) is 0 Å². The second-order valence-electron chi connectivity index (χ2n) is 5.23. The fraction of sp³-hybridized carbons (Fsp3) is 0.533. The third kappa shape index (κ3) is 2.99. The summed E-state index contributed by atoms with van der Waals surface area (Å²) in [5, 5.41) is 8.64. The zero-order valence-corrected chi connectivity index (χ0v) is 13.4. The van der Waals surface area contributed by atoms with Crippen molar-refractivity contribution < 1.29 is 4.79 Å². The van der Waals surface area contributed by atoms with Crippen molar-refractivity contribution >= 4 is 5.91 Å². The van der Waals surface area contributed by atoms with Crippen LogP contribution in [0.2, 0.25) is 0 Å². The zero-order chi connectivity index (χ0) is 15.6. The van der Waals surface area contributed by atoms with Crippen LogP contribution in [-0.4, -0.2) is 37.4 Å². The average molecular weight is 289 g/mol. The molecule has 0 atom stereocenters. The smallest absolute Gasteiger partial charge is 0.257 e. The Morgan fingerprint density at radius 2 is 2.00 bits per heavy atom. The molecule has 2 aromatic heterocycles. The Labute approximate surface area is 125 Å². The highest BCUT2D eigenvalue weighted by Crippen LogP contribution is 2.16. The number of hydrogen-bond donors (Lipinski definition) is 0. The van der Waals surface area contributed by atoms with E-state index in [2.05, 4.69) is 10.2 Å². The van der Waals surface area contributed by atoms with E-state index < -0.39 is 0 Å². The van der Waals surface area contributed by atoms with Crippen LogP contribution in [0, 0.1) is 13.8 Å². The van der Waals surface area contributed by atoms with Gasteiger partial charge < -0.3 is 4.90 Å². The molecule has 2 rings (SSSR count). The van der Waals surface area contributed by atoms with Crippen molar-refractivity contribution in [3.63, 3.8) is 0 Å². The first kappa shape index (κ1) is 15.3. The molecule has 114 valence electrons. The molecule has 1 amide bonds. The third-order valence-corrected chi connectivity index (χ3v) is 3.67. The molecule has 0 unspecified atom stereocenters. The largest absolute Gasteiger partial charge is 0.337 e. The maximum Gasteiger partial charge on any atom is 0.257 e. The van der Waals surface area contributed by atoms with Gasteiger partial charge in [-0.05, 0) is 27.7 Å². The van der Waals surface area contributed by atoms with Gasteiger partial charge in [0.15, 0.2) is 0 Å². The van der Waals surface area contributed by atoms with Gasteiger partial charge in [0.05, 0.1) is 17.5 Å². The summed E-state index contributed by atoms with van der Waals surface area (Å²) < 4.78 is 3.73. The summed E-state index contributed by atoms with van der Waals surface area (Å²) in [6.07, 6.45) is 3.78. The minimum Gasteiger partial charge on any atom is -0.337 e. The maximum absolute atomic E-state index is 12.6. The molecule has 0 spiro atoms. The topological polar surface area (TPSA) is 56.0 Å². The fourth-order valence-electron chi connectivity index (χ4n) is 2.51. The second kappa shape index (κ2) is 6.11. The van der Waals surface area contributed by atoms with Crippen molar-refractivity contribution in [1.82, 2.24) is 24.5 Å². The molecule has 0 bridgehead atoms. The molecule has 0 aliphatic carbocycles. The van der Waals surface area contributed by atoms with E-state index >= 15 is 0 Å². The SMILES string of the molecule is CCn1cc(CN(C)C(=O)c2c(C)nn(CC)c2C)cn1. The van der Waals surface area contributed by atoms with Crippen LogP contribution < -0.4 is 0 Å². The average Bonchev–Trinajstić information content (AvgIpc) is 3.02. The molecule has 0 aliphatic rings. The Morgan fingerprint density at radius 1 is 1.29 bits per heavy atom. The van der Waals surface area contributed by atoms with Gasteiger partial charge in [0.1, 0.15) is 0 Å². The summed E-state index contributed by atoms with van der Waals surface area (Å²) in [6, 6.07) is 0. The van der Waals surface area contributed by atoms with Crippen molar-refractivity contribution in [3.8, 4) is 0 Å². The van der Waals surface area contributed by atoms with Crippen LogP contribution in [-0.2, 0) is 19.6 Å². The van der Waals surface area contributed by atoms with Crippen LogP contribution in [0.3, 0.4) is 0 Å². The van der Waals surface area contributed by atoms with Gasteiger partial charge in [0.2, 0.25) is 0 Å². The normalized spacial score (nSPS) is 10.9. The Balaban J connectivity index is 2.17. The van der Waals surface area contributed by atoms with Crippen LogP contribution in [0.1, 0.15) is 41.2 Å². The first-order valence-electron chi connectivity index (χ1n) is 7.28. The number of carbonyl (C=O) groups is 1. The Kier molecular flexibility index (Phi) is 4.45. The number of aryl methyl sites for hydroxylation is 3. The summed E-state index contributed by atoms with van der Waals surface area (Å²) >= 11 is 0. The molecule has 0 radical (unpaired) electrons. The third-order valence-electron chi connectivity index (χ3n) is 3.67. The van der Waals surface area contributed by atoms with Gasteiger partial charge in [-0.3, -0.25) is 14.2 Å². The van der Waals surface area contributed by atoms with Gasteiger partial charge in [-0.1, -0.05) is 0 Å². The van der Waals surface area contributed by atoms with Gasteiger partial charge in [-0.15, -0.1) is 0 Å². The molecular weight excluding hydrogens is 266 g/mol. The molecule has 0 saturated heterocycles. The van der Waals surface area contributed by atoms with E-state index in [0.29, 0.717) is 12.1 Å². The van der Waals surface area contributed by atoms with E-state index in [-0.39, 0.29) is 5.91 Å². The molecule has 0 N–H and O–H groups in total. The molecule has 0 aliphatic heterocycles. The minimum absolute atomic E-state index is 0.00829. The molecule has 2 aromatic rings. The van der Waals surface area contributed by atoms with Crippen molar-refractivity contribution in [2.24, 2.45) is 0 Å². The molecule has 0 saturated carbocycles. The molecule has 21 heavy (non-hydrogen) atoms. The predicted molar refractivity (Wildman–Crippen MR) is 81.1 cm³/mol. The van der Waals surface area contributed by atoms with Gasteiger partial charge in [0, 0.05) is 44.1 Å². The van der Waals surface area contributed by atoms with Crippen molar-refractivity contribution in [2.45, 2.75) is 47.3 Å². The summed E-state index contributed by atoms with van der Waals surface area (Å²) in [6.45, 7) is 10.0. The van der Waals surface area contributed by atoms with Crippen LogP contribution in [0.4, 0.5) is 0 Å². The Bertz CT molecular complexity index is 641. The summed E-state index contributed by atoms with van der Waals surface area (Å²) in [5.41, 5.74) is 3.46. The minimum atomic E-state index is 0.00829. The van der Waals surface area contributed by atoms with Crippen LogP contribution in [0.5, 0.6) is 0 Å². The lowest BCUT2D eigenvalue weighted by molar-refractivity contribution is 0.0783. The molecular formula is C15H23N5O. The Morgan fingerprint density at radius 3 is 2.52 bits per heavy atom. The van der Waals surface area contributed by atoms with Gasteiger partial charge >= 0.3 is 0 Å². The van der Waals surface area contributed by atoms with E-state index in [9.17, 15) is 4.79 Å². The molecule has 2 heterocycles. The monoisotopic (exact) mass is 289 g/mol. The lowest BCUT2D eigenvalue weighted by Crippen LogP contribution is -2.27. The number of aromatic nitrogens is 4. The molecule has 0 aromatic carbocycles. The van der Waals surface area contributed by atoms with Crippen molar-refractivity contribution in [1.29, 1.82) is 0 Å². The highest BCUT2D eigenvalue weighted by atomic mass is 16.2. The van der Waals surface area contributed by atoms with E-state index in [1.165, 1.54) is 0 Å². The van der Waals surface area contributed by atoms with E-state index in [0.717, 1.165) is 30.0 Å². The van der Waals surface area contributed by atoms with Crippen LogP contribution in [0.25, 0.3) is 0 Å². The van der Waals surface area contributed by atoms with E-state index in [4.69, 9.17) is 0 Å². The molecule has 6 nitrogen and oxygen atoms in total. The van der Waals surface area contributed by atoms with Crippen molar-refractivity contribution in [2.75, 3.05) is 7.05 Å². The first-order valence-corrected chi connectivity index (χ1v) is 7.28. The zero-order valence-electron chi connectivity index (χ0n) is 13.4. The number of hydrogen-bond acceptors (Lipinski definition) is 3. The number of rotatable bonds is 5. The second-order valence-corrected chi connectivity index (χ2v) is 5.23. The van der Waals surface area contributed by atoms with Crippen LogP contribution >= 0.6 is 0 Å². The van der Waals surface area contributed by atoms with E-state index in [1.54, 1.807) is 4.90 Å². The number of amides is 1. The summed E-state index contributed by atoms with van der Waals surface area (Å²) in [5.74, 6) is 0.00829. The quantitative estimate of drug-likeness (QED) is 0.846. The molecule has 0 fully saturated rings. The van der Waals surface area contributed by atoms with E-state index in [1.807, 2.05) is 56.5 Å². The predicted octanol–water partition coefficient (Wildman–Crippen LogP) is 2.01. The highest BCUT2D eigenvalue weighted by Gasteiger charge is 2.21. The lowest BCUT2D eigenvalue weighted by atomic mass is 10.1. The fourth-order valence-corrected chi connectivity index (χ4v) is 2.51. The number of nitrogens with zero attached hydrogens (tertiary/aromatic N) is 5.